The van der Waals surface area contributed by atoms with Crippen molar-refractivity contribution in [1.29, 1.82) is 0 Å². The summed E-state index contributed by atoms with van der Waals surface area (Å²) in [6.07, 6.45) is 2.31. The lowest BCUT2D eigenvalue weighted by Crippen LogP contribution is -2.44. The van der Waals surface area contributed by atoms with Crippen molar-refractivity contribution in [3.8, 4) is 0 Å². The molecule has 1 atom stereocenters. The average Bonchev–Trinajstić information content (AvgIpc) is 2.11. The highest BCUT2D eigenvalue weighted by molar-refractivity contribution is 5.73. The fraction of sp³-hybridized carbons (Fsp3) is 0.909. The van der Waals surface area contributed by atoms with Crippen molar-refractivity contribution in [1.82, 2.24) is 10.6 Å². The molecule has 0 amide bonds. The van der Waals surface area contributed by atoms with Crippen molar-refractivity contribution in [2.75, 3.05) is 20.1 Å². The molecule has 0 saturated heterocycles. The van der Waals surface area contributed by atoms with Crippen LogP contribution in [0.1, 0.15) is 33.6 Å². The maximum absolute atomic E-state index is 10.7. The number of hydrogen-bond acceptors (Lipinski definition) is 3. The van der Waals surface area contributed by atoms with Gasteiger partial charge in [0.25, 0.3) is 0 Å². The second kappa shape index (κ2) is 6.80. The Balaban J connectivity index is 3.81. The number of carboxylic acids is 1. The molecule has 4 heteroatoms. The smallest absolute Gasteiger partial charge is 0.322 e. The fourth-order valence-corrected chi connectivity index (χ4v) is 1.63. The zero-order valence-corrected chi connectivity index (χ0v) is 10.3. The molecule has 0 aromatic carbocycles. The molecule has 15 heavy (non-hydrogen) atoms. The minimum atomic E-state index is -0.807. The van der Waals surface area contributed by atoms with E-state index in [4.69, 9.17) is 5.11 Å². The van der Waals surface area contributed by atoms with Gasteiger partial charge in [0.15, 0.2) is 0 Å². The summed E-state index contributed by atoms with van der Waals surface area (Å²) in [7, 11) is 1.66. The zero-order valence-electron chi connectivity index (χ0n) is 10.3. The molecular weight excluding hydrogens is 192 g/mol. The Labute approximate surface area is 92.4 Å². The van der Waals surface area contributed by atoms with Crippen LogP contribution in [0, 0.1) is 5.41 Å². The van der Waals surface area contributed by atoms with E-state index in [1.165, 1.54) is 0 Å². The first-order valence-corrected chi connectivity index (χ1v) is 5.53. The van der Waals surface area contributed by atoms with E-state index < -0.39 is 12.0 Å². The lowest BCUT2D eigenvalue weighted by Gasteiger charge is -2.25. The predicted octanol–water partition coefficient (Wildman–Crippen LogP) is 1.07. The molecule has 0 bridgehead atoms. The second-order valence-electron chi connectivity index (χ2n) is 4.72. The summed E-state index contributed by atoms with van der Waals surface area (Å²) in [5, 5.41) is 14.8. The Morgan fingerprint density at radius 3 is 2.47 bits per heavy atom. The van der Waals surface area contributed by atoms with Gasteiger partial charge in [-0.1, -0.05) is 27.2 Å². The van der Waals surface area contributed by atoms with Gasteiger partial charge < -0.3 is 15.7 Å². The van der Waals surface area contributed by atoms with E-state index in [2.05, 4.69) is 31.4 Å². The van der Waals surface area contributed by atoms with Crippen LogP contribution in [-0.2, 0) is 4.79 Å². The highest BCUT2D eigenvalue weighted by Crippen LogP contribution is 2.20. The number of carboxylic acid groups (broad SMARTS) is 1. The van der Waals surface area contributed by atoms with Gasteiger partial charge in [-0.25, -0.2) is 0 Å². The Morgan fingerprint density at radius 1 is 1.47 bits per heavy atom. The normalized spacial score (nSPS) is 13.9. The van der Waals surface area contributed by atoms with Crippen LogP contribution in [0.15, 0.2) is 0 Å². The number of rotatable bonds is 8. The third-order valence-electron chi connectivity index (χ3n) is 2.53. The van der Waals surface area contributed by atoms with Crippen molar-refractivity contribution in [2.45, 2.75) is 39.7 Å². The molecule has 0 spiro atoms. The number of hydrogen-bond donors (Lipinski definition) is 3. The standard InChI is InChI=1S/C11H24N2O2/c1-5-6-11(2,3)8-13-7-9(12-4)10(14)15/h9,12-13H,5-8H2,1-4H3,(H,14,15). The maximum Gasteiger partial charge on any atom is 0.322 e. The van der Waals surface area contributed by atoms with Gasteiger partial charge in [0.2, 0.25) is 0 Å². The van der Waals surface area contributed by atoms with Gasteiger partial charge in [-0.15, -0.1) is 0 Å². The van der Waals surface area contributed by atoms with Gasteiger partial charge in [-0.05, 0) is 18.9 Å². The lowest BCUT2D eigenvalue weighted by molar-refractivity contribution is -0.139. The predicted molar refractivity (Wildman–Crippen MR) is 62.0 cm³/mol. The van der Waals surface area contributed by atoms with Crippen LogP contribution in [0.5, 0.6) is 0 Å². The van der Waals surface area contributed by atoms with E-state index in [9.17, 15) is 4.79 Å². The molecule has 0 heterocycles. The van der Waals surface area contributed by atoms with Gasteiger partial charge in [-0.3, -0.25) is 4.79 Å². The quantitative estimate of drug-likeness (QED) is 0.568. The molecule has 0 saturated carbocycles. The maximum atomic E-state index is 10.7. The Kier molecular flexibility index (Phi) is 6.52. The number of nitrogens with one attached hydrogen (secondary N) is 2. The van der Waals surface area contributed by atoms with Crippen molar-refractivity contribution in [3.05, 3.63) is 0 Å². The largest absolute Gasteiger partial charge is 0.480 e. The first kappa shape index (κ1) is 14.4. The summed E-state index contributed by atoms with van der Waals surface area (Å²) in [6.45, 7) is 7.87. The SMILES string of the molecule is CCCC(C)(C)CNCC(NC)C(=O)O. The molecule has 0 aromatic heterocycles. The molecule has 0 aromatic rings. The van der Waals surface area contributed by atoms with Crippen LogP contribution in [-0.4, -0.2) is 37.3 Å². The topological polar surface area (TPSA) is 61.4 Å². The average molecular weight is 216 g/mol. The van der Waals surface area contributed by atoms with E-state index in [0.717, 1.165) is 19.4 Å². The van der Waals surface area contributed by atoms with Gasteiger partial charge >= 0.3 is 5.97 Å². The Hall–Kier alpha value is -0.610. The lowest BCUT2D eigenvalue weighted by atomic mass is 9.88. The molecule has 0 fully saturated rings. The minimum Gasteiger partial charge on any atom is -0.480 e. The summed E-state index contributed by atoms with van der Waals surface area (Å²) in [5.41, 5.74) is 0.242. The van der Waals surface area contributed by atoms with E-state index in [1.807, 2.05) is 0 Å². The number of carbonyl (C=O) groups is 1. The molecule has 1 unspecified atom stereocenters. The summed E-state index contributed by atoms with van der Waals surface area (Å²) in [6, 6.07) is -0.498. The molecule has 3 N–H and O–H groups in total. The second-order valence-corrected chi connectivity index (χ2v) is 4.72. The summed E-state index contributed by atoms with van der Waals surface area (Å²) in [5.74, 6) is -0.807. The Morgan fingerprint density at radius 2 is 2.07 bits per heavy atom. The molecule has 0 radical (unpaired) electrons. The van der Waals surface area contributed by atoms with Crippen LogP contribution in [0.3, 0.4) is 0 Å². The molecule has 90 valence electrons. The third kappa shape index (κ3) is 6.47. The van der Waals surface area contributed by atoms with Crippen LogP contribution < -0.4 is 10.6 Å². The van der Waals surface area contributed by atoms with Crippen LogP contribution in [0.2, 0.25) is 0 Å². The number of aliphatic carboxylic acids is 1. The first-order valence-electron chi connectivity index (χ1n) is 5.53. The third-order valence-corrected chi connectivity index (χ3v) is 2.53. The summed E-state index contributed by atoms with van der Waals surface area (Å²) < 4.78 is 0. The molecule has 0 aliphatic carbocycles. The van der Waals surface area contributed by atoms with Crippen molar-refractivity contribution < 1.29 is 9.90 Å². The summed E-state index contributed by atoms with van der Waals surface area (Å²) >= 11 is 0. The molecule has 0 aliphatic rings. The monoisotopic (exact) mass is 216 g/mol. The number of likely N-dealkylation sites (N-methyl/N-ethyl adjacent to an activating group) is 1. The Bertz CT molecular complexity index is 193. The van der Waals surface area contributed by atoms with E-state index >= 15 is 0 Å². The van der Waals surface area contributed by atoms with Crippen molar-refractivity contribution in [3.63, 3.8) is 0 Å². The fourth-order valence-electron chi connectivity index (χ4n) is 1.63. The van der Waals surface area contributed by atoms with E-state index in [-0.39, 0.29) is 5.41 Å². The summed E-state index contributed by atoms with van der Waals surface area (Å²) in [4.78, 5) is 10.7. The highest BCUT2D eigenvalue weighted by atomic mass is 16.4. The van der Waals surface area contributed by atoms with Gasteiger partial charge in [-0.2, -0.15) is 0 Å². The van der Waals surface area contributed by atoms with Gasteiger partial charge in [0.1, 0.15) is 6.04 Å². The van der Waals surface area contributed by atoms with Gasteiger partial charge in [0, 0.05) is 13.1 Å². The van der Waals surface area contributed by atoms with Crippen LogP contribution in [0.25, 0.3) is 0 Å². The first-order chi connectivity index (χ1) is 6.93. The van der Waals surface area contributed by atoms with Gasteiger partial charge in [0.05, 0.1) is 0 Å². The highest BCUT2D eigenvalue weighted by Gasteiger charge is 2.18. The molecule has 0 rings (SSSR count). The van der Waals surface area contributed by atoms with E-state index in [1.54, 1.807) is 7.05 Å². The van der Waals surface area contributed by atoms with E-state index in [0.29, 0.717) is 6.54 Å². The van der Waals surface area contributed by atoms with Crippen molar-refractivity contribution in [2.24, 2.45) is 5.41 Å². The zero-order chi connectivity index (χ0) is 11.9. The van der Waals surface area contributed by atoms with Crippen LogP contribution in [0.4, 0.5) is 0 Å². The van der Waals surface area contributed by atoms with Crippen LogP contribution >= 0.6 is 0 Å². The minimum absolute atomic E-state index is 0.242. The molecular formula is C11H24N2O2. The van der Waals surface area contributed by atoms with Crippen molar-refractivity contribution >= 4 is 5.97 Å². The molecule has 0 aliphatic heterocycles. The molecule has 4 nitrogen and oxygen atoms in total.